The summed E-state index contributed by atoms with van der Waals surface area (Å²) in [6.07, 6.45) is 6.89. The number of esters is 1. The van der Waals surface area contributed by atoms with Gasteiger partial charge in [0.25, 0.3) is 5.91 Å². The lowest BCUT2D eigenvalue weighted by molar-refractivity contribution is -0.124. The molecule has 1 N–H and O–H groups in total. The normalized spacial score (nSPS) is 15.7. The zero-order chi connectivity index (χ0) is 17.6. The van der Waals surface area contributed by atoms with E-state index in [-0.39, 0.29) is 16.4 Å². The molecule has 0 heterocycles. The largest absolute Gasteiger partial charge is 0.452 e. The monoisotopic (exact) mass is 353 g/mol. The molecule has 0 aliphatic heterocycles. The molecular formula is C17H23NO5S. The minimum Gasteiger partial charge on any atom is -0.452 e. The van der Waals surface area contributed by atoms with E-state index in [9.17, 15) is 18.0 Å². The number of sulfone groups is 1. The highest BCUT2D eigenvalue weighted by Crippen LogP contribution is 2.22. The molecule has 1 aromatic carbocycles. The summed E-state index contributed by atoms with van der Waals surface area (Å²) in [5.74, 6) is -0.695. The Hall–Kier alpha value is -1.89. The third-order valence-electron chi connectivity index (χ3n) is 4.15. The molecule has 1 aromatic rings. The SMILES string of the molecule is CS(=O)(=O)c1ccccc1C(=O)OCC(=O)NCC1CCCCC1. The minimum absolute atomic E-state index is 0.0555. The molecule has 0 saturated heterocycles. The molecule has 132 valence electrons. The van der Waals surface area contributed by atoms with Gasteiger partial charge in [-0.15, -0.1) is 0 Å². The van der Waals surface area contributed by atoms with E-state index in [0.29, 0.717) is 12.5 Å². The smallest absolute Gasteiger partial charge is 0.339 e. The van der Waals surface area contributed by atoms with Gasteiger partial charge in [0, 0.05) is 12.8 Å². The second-order valence-electron chi connectivity index (χ2n) is 6.15. The van der Waals surface area contributed by atoms with Crippen molar-refractivity contribution in [1.29, 1.82) is 0 Å². The Morgan fingerprint density at radius 1 is 1.17 bits per heavy atom. The number of hydrogen-bond acceptors (Lipinski definition) is 5. The Morgan fingerprint density at radius 2 is 1.83 bits per heavy atom. The second kappa shape index (κ2) is 8.28. The number of benzene rings is 1. The summed E-state index contributed by atoms with van der Waals surface area (Å²) < 4.78 is 28.3. The Bertz CT molecular complexity index is 693. The van der Waals surface area contributed by atoms with Gasteiger partial charge in [-0.2, -0.15) is 0 Å². The molecule has 0 radical (unpaired) electrons. The first kappa shape index (κ1) is 18.4. The van der Waals surface area contributed by atoms with Crippen molar-refractivity contribution < 1.29 is 22.7 Å². The van der Waals surface area contributed by atoms with Crippen molar-refractivity contribution in [3.05, 3.63) is 29.8 Å². The van der Waals surface area contributed by atoms with Gasteiger partial charge in [0.05, 0.1) is 10.5 Å². The standard InChI is InChI=1S/C17H23NO5S/c1-24(21,22)15-10-6-5-9-14(15)17(20)23-12-16(19)18-11-13-7-3-2-4-8-13/h5-6,9-10,13H,2-4,7-8,11-12H2,1H3,(H,18,19). The van der Waals surface area contributed by atoms with Crippen LogP contribution in [0.25, 0.3) is 0 Å². The van der Waals surface area contributed by atoms with Gasteiger partial charge >= 0.3 is 5.97 Å². The van der Waals surface area contributed by atoms with Crippen LogP contribution in [0, 0.1) is 5.92 Å². The third-order valence-corrected chi connectivity index (χ3v) is 5.31. The van der Waals surface area contributed by atoms with E-state index in [1.54, 1.807) is 6.07 Å². The topological polar surface area (TPSA) is 89.5 Å². The van der Waals surface area contributed by atoms with Crippen LogP contribution in [0.4, 0.5) is 0 Å². The highest BCUT2D eigenvalue weighted by Gasteiger charge is 2.20. The Morgan fingerprint density at radius 3 is 2.50 bits per heavy atom. The number of rotatable bonds is 6. The predicted octanol–water partition coefficient (Wildman–Crippen LogP) is 1.94. The zero-order valence-electron chi connectivity index (χ0n) is 13.8. The fourth-order valence-electron chi connectivity index (χ4n) is 2.87. The third kappa shape index (κ3) is 5.33. The molecule has 0 bridgehead atoms. The molecule has 1 amide bonds. The molecule has 0 atom stereocenters. The number of carbonyl (C=O) groups is 2. The van der Waals surface area contributed by atoms with Gasteiger partial charge in [-0.25, -0.2) is 13.2 Å². The predicted molar refractivity (Wildman–Crippen MR) is 89.4 cm³/mol. The Kier molecular flexibility index (Phi) is 6.36. The van der Waals surface area contributed by atoms with Crippen LogP contribution in [0.2, 0.25) is 0 Å². The number of nitrogens with one attached hydrogen (secondary N) is 1. The van der Waals surface area contributed by atoms with Crippen molar-refractivity contribution in [2.24, 2.45) is 5.92 Å². The van der Waals surface area contributed by atoms with Crippen LogP contribution in [-0.2, 0) is 19.4 Å². The Labute approximate surface area is 142 Å². The first-order chi connectivity index (χ1) is 11.4. The van der Waals surface area contributed by atoms with E-state index in [0.717, 1.165) is 19.1 Å². The van der Waals surface area contributed by atoms with E-state index < -0.39 is 22.4 Å². The molecule has 0 unspecified atom stereocenters. The minimum atomic E-state index is -3.54. The Balaban J connectivity index is 1.86. The maximum absolute atomic E-state index is 12.1. The lowest BCUT2D eigenvalue weighted by Gasteiger charge is -2.21. The summed E-state index contributed by atoms with van der Waals surface area (Å²) >= 11 is 0. The van der Waals surface area contributed by atoms with Crippen molar-refractivity contribution >= 4 is 21.7 Å². The second-order valence-corrected chi connectivity index (χ2v) is 8.14. The molecule has 1 fully saturated rings. The van der Waals surface area contributed by atoms with Crippen LogP contribution in [-0.4, -0.2) is 39.7 Å². The van der Waals surface area contributed by atoms with E-state index in [2.05, 4.69) is 5.32 Å². The van der Waals surface area contributed by atoms with Gasteiger partial charge in [-0.3, -0.25) is 4.79 Å². The maximum atomic E-state index is 12.1. The molecule has 0 spiro atoms. The highest BCUT2D eigenvalue weighted by atomic mass is 32.2. The van der Waals surface area contributed by atoms with E-state index in [4.69, 9.17) is 4.74 Å². The lowest BCUT2D eigenvalue weighted by atomic mass is 9.89. The van der Waals surface area contributed by atoms with Crippen LogP contribution in [0.5, 0.6) is 0 Å². The van der Waals surface area contributed by atoms with Gasteiger partial charge in [0.2, 0.25) is 0 Å². The van der Waals surface area contributed by atoms with Crippen LogP contribution < -0.4 is 5.32 Å². The van der Waals surface area contributed by atoms with Gasteiger partial charge in [-0.05, 0) is 30.9 Å². The van der Waals surface area contributed by atoms with Gasteiger partial charge < -0.3 is 10.1 Å². The van der Waals surface area contributed by atoms with E-state index in [1.165, 1.54) is 37.5 Å². The number of carbonyl (C=O) groups excluding carboxylic acids is 2. The maximum Gasteiger partial charge on any atom is 0.339 e. The van der Waals surface area contributed by atoms with Crippen molar-refractivity contribution in [2.75, 3.05) is 19.4 Å². The molecule has 2 rings (SSSR count). The lowest BCUT2D eigenvalue weighted by Crippen LogP contribution is -2.33. The first-order valence-electron chi connectivity index (χ1n) is 8.11. The van der Waals surface area contributed by atoms with Gasteiger partial charge in [0.1, 0.15) is 0 Å². The average Bonchev–Trinajstić information content (AvgIpc) is 2.58. The number of amides is 1. The van der Waals surface area contributed by atoms with Crippen molar-refractivity contribution in [1.82, 2.24) is 5.32 Å². The zero-order valence-corrected chi connectivity index (χ0v) is 14.6. The van der Waals surface area contributed by atoms with E-state index in [1.807, 2.05) is 0 Å². The summed E-state index contributed by atoms with van der Waals surface area (Å²) in [7, 11) is -3.54. The molecular weight excluding hydrogens is 330 g/mol. The fourth-order valence-corrected chi connectivity index (χ4v) is 3.74. The number of hydrogen-bond donors (Lipinski definition) is 1. The summed E-state index contributed by atoms with van der Waals surface area (Å²) in [5.41, 5.74) is -0.0555. The quantitative estimate of drug-likeness (QED) is 0.790. The molecule has 6 nitrogen and oxygen atoms in total. The van der Waals surface area contributed by atoms with Crippen LogP contribution >= 0.6 is 0 Å². The summed E-state index contributed by atoms with van der Waals surface area (Å²) in [5, 5.41) is 2.77. The highest BCUT2D eigenvalue weighted by molar-refractivity contribution is 7.90. The van der Waals surface area contributed by atoms with Crippen LogP contribution in [0.3, 0.4) is 0 Å². The van der Waals surface area contributed by atoms with Crippen LogP contribution in [0.15, 0.2) is 29.2 Å². The van der Waals surface area contributed by atoms with Gasteiger partial charge in [-0.1, -0.05) is 31.4 Å². The van der Waals surface area contributed by atoms with Gasteiger partial charge in [0.15, 0.2) is 16.4 Å². The van der Waals surface area contributed by atoms with Crippen LogP contribution in [0.1, 0.15) is 42.5 Å². The molecule has 0 aromatic heterocycles. The van der Waals surface area contributed by atoms with Crippen molar-refractivity contribution in [2.45, 2.75) is 37.0 Å². The fraction of sp³-hybridized carbons (Fsp3) is 0.529. The summed E-state index contributed by atoms with van der Waals surface area (Å²) in [6, 6.07) is 5.80. The first-order valence-corrected chi connectivity index (χ1v) is 10.00. The number of ether oxygens (including phenoxy) is 1. The van der Waals surface area contributed by atoms with Crippen molar-refractivity contribution in [3.8, 4) is 0 Å². The van der Waals surface area contributed by atoms with E-state index >= 15 is 0 Å². The average molecular weight is 353 g/mol. The summed E-state index contributed by atoms with van der Waals surface area (Å²) in [4.78, 5) is 23.8. The molecule has 7 heteroatoms. The molecule has 1 aliphatic carbocycles. The summed E-state index contributed by atoms with van der Waals surface area (Å²) in [6.45, 7) is 0.181. The molecule has 1 aliphatic rings. The molecule has 1 saturated carbocycles. The van der Waals surface area contributed by atoms with Crippen molar-refractivity contribution in [3.63, 3.8) is 0 Å². The molecule has 24 heavy (non-hydrogen) atoms.